The molecule has 0 saturated carbocycles. The van der Waals surface area contributed by atoms with Crippen LogP contribution in [0.2, 0.25) is 0 Å². The molecule has 0 bridgehead atoms. The van der Waals surface area contributed by atoms with Crippen LogP contribution in [0.25, 0.3) is 0 Å². The summed E-state index contributed by atoms with van der Waals surface area (Å²) in [5.41, 5.74) is 2.34. The van der Waals surface area contributed by atoms with Crippen molar-refractivity contribution in [2.45, 2.75) is 19.9 Å². The lowest BCUT2D eigenvalue weighted by Gasteiger charge is -2.20. The summed E-state index contributed by atoms with van der Waals surface area (Å²) in [5, 5.41) is 6.67. The van der Waals surface area contributed by atoms with Crippen molar-refractivity contribution in [2.24, 2.45) is 0 Å². The maximum Gasteiger partial charge on any atom is 0.231 e. The molecule has 2 rings (SSSR count). The van der Waals surface area contributed by atoms with Crippen molar-refractivity contribution in [3.8, 4) is 5.75 Å². The molecule has 27 heavy (non-hydrogen) atoms. The Morgan fingerprint density at radius 3 is 2.59 bits per heavy atom. The molecule has 146 valence electrons. The van der Waals surface area contributed by atoms with Crippen molar-refractivity contribution in [2.75, 3.05) is 29.5 Å². The summed E-state index contributed by atoms with van der Waals surface area (Å²) in [7, 11) is -1.81. The highest BCUT2D eigenvalue weighted by Crippen LogP contribution is 2.20. The Hall–Kier alpha value is -2.32. The summed E-state index contributed by atoms with van der Waals surface area (Å²) >= 11 is 5.34. The highest BCUT2D eigenvalue weighted by molar-refractivity contribution is 7.92. The molecule has 6 nitrogen and oxygen atoms in total. The SMILES string of the molecule is Cc1ccccc1OCC(C)NC(=S)Nc1cccc(N(C)S(C)(=O)=O)c1. The van der Waals surface area contributed by atoms with Crippen LogP contribution in [0.1, 0.15) is 12.5 Å². The molecule has 8 heteroatoms. The number of nitrogens with zero attached hydrogens (tertiary/aromatic N) is 1. The van der Waals surface area contributed by atoms with E-state index in [1.54, 1.807) is 18.2 Å². The molecule has 2 aromatic rings. The van der Waals surface area contributed by atoms with Crippen LogP contribution in [0.3, 0.4) is 0 Å². The standard InChI is InChI=1S/C19H25N3O3S2/c1-14-8-5-6-11-18(14)25-13-15(2)20-19(26)21-16-9-7-10-17(12-16)22(3)27(4,23)24/h5-12,15H,13H2,1-4H3,(H2,20,21,26). The molecule has 0 aliphatic rings. The van der Waals surface area contributed by atoms with Gasteiger partial charge in [0.2, 0.25) is 10.0 Å². The van der Waals surface area contributed by atoms with Gasteiger partial charge in [-0.3, -0.25) is 4.31 Å². The predicted octanol–water partition coefficient (Wildman–Crippen LogP) is 3.14. The van der Waals surface area contributed by atoms with E-state index in [4.69, 9.17) is 17.0 Å². The minimum absolute atomic E-state index is 0.00789. The van der Waals surface area contributed by atoms with Gasteiger partial charge in [0.05, 0.1) is 18.0 Å². The Bertz CT molecular complexity index is 901. The van der Waals surface area contributed by atoms with E-state index in [1.807, 2.05) is 44.2 Å². The van der Waals surface area contributed by atoms with Crippen molar-refractivity contribution in [1.29, 1.82) is 0 Å². The van der Waals surface area contributed by atoms with Crippen molar-refractivity contribution in [1.82, 2.24) is 5.32 Å². The topological polar surface area (TPSA) is 70.7 Å². The molecule has 0 amide bonds. The van der Waals surface area contributed by atoms with Gasteiger partial charge in [-0.25, -0.2) is 8.42 Å². The fraction of sp³-hybridized carbons (Fsp3) is 0.316. The van der Waals surface area contributed by atoms with E-state index in [0.29, 0.717) is 23.1 Å². The summed E-state index contributed by atoms with van der Waals surface area (Å²) in [6.07, 6.45) is 1.16. The molecule has 0 aliphatic carbocycles. The number of sulfonamides is 1. The second-order valence-corrected chi connectivity index (χ2v) is 8.78. The quantitative estimate of drug-likeness (QED) is 0.687. The first-order valence-electron chi connectivity index (χ1n) is 8.46. The summed E-state index contributed by atoms with van der Waals surface area (Å²) in [6.45, 7) is 4.43. The summed E-state index contributed by atoms with van der Waals surface area (Å²) in [4.78, 5) is 0. The third-order valence-corrected chi connectivity index (χ3v) is 5.35. The zero-order chi connectivity index (χ0) is 20.0. The smallest absolute Gasteiger partial charge is 0.231 e. The van der Waals surface area contributed by atoms with Crippen molar-refractivity contribution >= 4 is 38.7 Å². The van der Waals surface area contributed by atoms with Gasteiger partial charge in [0.15, 0.2) is 5.11 Å². The van der Waals surface area contributed by atoms with Gasteiger partial charge in [-0.2, -0.15) is 0 Å². The van der Waals surface area contributed by atoms with Crippen LogP contribution in [-0.2, 0) is 10.0 Å². The Kier molecular flexibility index (Phi) is 7.04. The number of thiocarbonyl (C=S) groups is 1. The molecule has 1 unspecified atom stereocenters. The van der Waals surface area contributed by atoms with Crippen LogP contribution < -0.4 is 19.7 Å². The zero-order valence-corrected chi connectivity index (χ0v) is 17.5. The number of benzene rings is 2. The second-order valence-electron chi connectivity index (χ2n) is 6.36. The molecule has 2 aromatic carbocycles. The van der Waals surface area contributed by atoms with E-state index in [9.17, 15) is 8.42 Å². The van der Waals surface area contributed by atoms with Gasteiger partial charge in [-0.05, 0) is 55.9 Å². The molecule has 0 spiro atoms. The highest BCUT2D eigenvalue weighted by atomic mass is 32.2. The van der Waals surface area contributed by atoms with E-state index in [2.05, 4.69) is 10.6 Å². The molecular formula is C19H25N3O3S2. The van der Waals surface area contributed by atoms with Crippen molar-refractivity contribution in [3.05, 3.63) is 54.1 Å². The van der Waals surface area contributed by atoms with E-state index >= 15 is 0 Å². The normalized spacial score (nSPS) is 12.1. The van der Waals surface area contributed by atoms with Crippen molar-refractivity contribution < 1.29 is 13.2 Å². The van der Waals surface area contributed by atoms with Crippen LogP contribution in [0, 0.1) is 6.92 Å². The van der Waals surface area contributed by atoms with Gasteiger partial charge >= 0.3 is 0 Å². The van der Waals surface area contributed by atoms with Gasteiger partial charge in [-0.15, -0.1) is 0 Å². The minimum Gasteiger partial charge on any atom is -0.491 e. The van der Waals surface area contributed by atoms with Crippen molar-refractivity contribution in [3.63, 3.8) is 0 Å². The minimum atomic E-state index is -3.32. The van der Waals surface area contributed by atoms with Gasteiger partial charge in [0, 0.05) is 12.7 Å². The number of hydrogen-bond acceptors (Lipinski definition) is 4. The molecule has 0 aliphatic heterocycles. The lowest BCUT2D eigenvalue weighted by Crippen LogP contribution is -2.39. The first kappa shape index (κ1) is 21.0. The van der Waals surface area contributed by atoms with Crippen LogP contribution in [0.15, 0.2) is 48.5 Å². The average Bonchev–Trinajstić information content (AvgIpc) is 2.59. The molecule has 0 heterocycles. The molecule has 2 N–H and O–H groups in total. The summed E-state index contributed by atoms with van der Waals surface area (Å²) in [5.74, 6) is 0.849. The maximum atomic E-state index is 11.7. The number of rotatable bonds is 7. The van der Waals surface area contributed by atoms with Gasteiger partial charge < -0.3 is 15.4 Å². The highest BCUT2D eigenvalue weighted by Gasteiger charge is 2.12. The predicted molar refractivity (Wildman–Crippen MR) is 115 cm³/mol. The second kappa shape index (κ2) is 9.05. The summed E-state index contributed by atoms with van der Waals surface area (Å²) in [6, 6.07) is 14.9. The molecule has 0 radical (unpaired) electrons. The van der Waals surface area contributed by atoms with E-state index in [-0.39, 0.29) is 6.04 Å². The fourth-order valence-electron chi connectivity index (χ4n) is 2.34. The molecule has 1 atom stereocenters. The molecule has 0 fully saturated rings. The van der Waals surface area contributed by atoms with Crippen LogP contribution >= 0.6 is 12.2 Å². The lowest BCUT2D eigenvalue weighted by molar-refractivity contribution is 0.285. The van der Waals surface area contributed by atoms with Crippen LogP contribution in [0.4, 0.5) is 11.4 Å². The fourth-order valence-corrected chi connectivity index (χ4v) is 3.15. The zero-order valence-electron chi connectivity index (χ0n) is 15.9. The van der Waals surface area contributed by atoms with E-state index < -0.39 is 10.0 Å². The first-order chi connectivity index (χ1) is 12.7. The third kappa shape index (κ3) is 6.41. The number of anilines is 2. The Labute approximate surface area is 166 Å². The number of aryl methyl sites for hydroxylation is 1. The summed E-state index contributed by atoms with van der Waals surface area (Å²) < 4.78 is 30.4. The Balaban J connectivity index is 1.91. The number of nitrogens with one attached hydrogen (secondary N) is 2. The molecular weight excluding hydrogens is 382 g/mol. The first-order valence-corrected chi connectivity index (χ1v) is 10.7. The maximum absolute atomic E-state index is 11.7. The Morgan fingerprint density at radius 1 is 1.22 bits per heavy atom. The van der Waals surface area contributed by atoms with Crippen LogP contribution in [0.5, 0.6) is 5.75 Å². The average molecular weight is 408 g/mol. The van der Waals surface area contributed by atoms with E-state index in [0.717, 1.165) is 17.6 Å². The van der Waals surface area contributed by atoms with Gasteiger partial charge in [0.1, 0.15) is 12.4 Å². The lowest BCUT2D eigenvalue weighted by atomic mass is 10.2. The molecule has 0 aromatic heterocycles. The van der Waals surface area contributed by atoms with E-state index in [1.165, 1.54) is 11.4 Å². The molecule has 0 saturated heterocycles. The number of para-hydroxylation sites is 1. The van der Waals surface area contributed by atoms with Gasteiger partial charge in [-0.1, -0.05) is 24.3 Å². The largest absolute Gasteiger partial charge is 0.491 e. The third-order valence-electron chi connectivity index (χ3n) is 3.93. The number of hydrogen-bond donors (Lipinski definition) is 2. The monoisotopic (exact) mass is 407 g/mol. The number of ether oxygens (including phenoxy) is 1. The Morgan fingerprint density at radius 2 is 1.93 bits per heavy atom. The van der Waals surface area contributed by atoms with Crippen LogP contribution in [-0.4, -0.2) is 39.5 Å². The van der Waals surface area contributed by atoms with Gasteiger partial charge in [0.25, 0.3) is 0 Å².